The third-order valence-corrected chi connectivity index (χ3v) is 6.30. The van der Waals surface area contributed by atoms with Gasteiger partial charge >= 0.3 is 5.91 Å². The molecule has 2 amide bonds. The highest BCUT2D eigenvalue weighted by Crippen LogP contribution is 2.27. The third-order valence-electron chi connectivity index (χ3n) is 4.78. The Morgan fingerprint density at radius 1 is 0.906 bits per heavy atom. The molecule has 32 heavy (non-hydrogen) atoms. The van der Waals surface area contributed by atoms with Crippen LogP contribution in [0.3, 0.4) is 0 Å². The van der Waals surface area contributed by atoms with Gasteiger partial charge in [0.2, 0.25) is 0 Å². The van der Waals surface area contributed by atoms with E-state index in [9.17, 15) is 18.0 Å². The summed E-state index contributed by atoms with van der Waals surface area (Å²) in [4.78, 5) is 24.2. The molecule has 3 N–H and O–H groups in total. The zero-order chi connectivity index (χ0) is 23.5. The van der Waals surface area contributed by atoms with E-state index in [-0.39, 0.29) is 21.6 Å². The number of carbonyl (C=O) groups excluding carboxylic acids is 2. The first kappa shape index (κ1) is 23.1. The number of amides is 2. The maximum atomic E-state index is 13.0. The monoisotopic (exact) mass is 455 g/mol. The Morgan fingerprint density at radius 3 is 2.16 bits per heavy atom. The molecule has 0 saturated heterocycles. The summed E-state index contributed by atoms with van der Waals surface area (Å²) < 4.78 is 33.4. The fourth-order valence-corrected chi connectivity index (χ4v) is 4.24. The van der Waals surface area contributed by atoms with Crippen LogP contribution in [-0.4, -0.2) is 20.2 Å². The first-order chi connectivity index (χ1) is 15.0. The van der Waals surface area contributed by atoms with Gasteiger partial charge in [-0.3, -0.25) is 25.2 Å². The Kier molecular flexibility index (Phi) is 6.40. The van der Waals surface area contributed by atoms with Crippen LogP contribution < -0.4 is 15.6 Å². The Labute approximate surface area is 187 Å². The van der Waals surface area contributed by atoms with E-state index in [0.29, 0.717) is 11.3 Å². The smallest absolute Gasteiger partial charge is 0.305 e. The van der Waals surface area contributed by atoms with Crippen LogP contribution in [0.25, 0.3) is 0 Å². The van der Waals surface area contributed by atoms with E-state index in [4.69, 9.17) is 4.42 Å². The number of furan rings is 1. The highest BCUT2D eigenvalue weighted by molar-refractivity contribution is 7.92. The largest absolute Gasteiger partial charge is 0.459 e. The number of hydrogen-bond acceptors (Lipinski definition) is 5. The van der Waals surface area contributed by atoms with Gasteiger partial charge in [0, 0.05) is 11.3 Å². The molecule has 3 aromatic rings. The lowest BCUT2D eigenvalue weighted by atomic mass is 9.87. The molecule has 0 unspecified atom stereocenters. The normalized spacial score (nSPS) is 11.6. The van der Waals surface area contributed by atoms with Crippen LogP contribution in [-0.2, 0) is 15.4 Å². The van der Waals surface area contributed by atoms with Crippen LogP contribution in [0.2, 0.25) is 0 Å². The van der Waals surface area contributed by atoms with Crippen molar-refractivity contribution >= 4 is 27.5 Å². The number of anilines is 1. The van der Waals surface area contributed by atoms with Gasteiger partial charge in [-0.15, -0.1) is 0 Å². The molecule has 8 nitrogen and oxygen atoms in total. The van der Waals surface area contributed by atoms with Crippen LogP contribution in [0.15, 0.2) is 70.2 Å². The van der Waals surface area contributed by atoms with Crippen molar-refractivity contribution in [2.75, 3.05) is 4.72 Å². The minimum Gasteiger partial charge on any atom is -0.459 e. The van der Waals surface area contributed by atoms with Crippen LogP contribution in [0.4, 0.5) is 5.69 Å². The van der Waals surface area contributed by atoms with Crippen LogP contribution >= 0.6 is 0 Å². The molecule has 0 spiro atoms. The second-order valence-electron chi connectivity index (χ2n) is 8.30. The average molecular weight is 456 g/mol. The summed E-state index contributed by atoms with van der Waals surface area (Å²) in [5, 5.41) is 0. The maximum Gasteiger partial charge on any atom is 0.305 e. The second-order valence-corrected chi connectivity index (χ2v) is 9.95. The lowest BCUT2D eigenvalue weighted by molar-refractivity contribution is 0.0831. The molecule has 0 aliphatic rings. The Balaban J connectivity index is 1.70. The quantitative estimate of drug-likeness (QED) is 0.507. The molecular weight excluding hydrogens is 430 g/mol. The van der Waals surface area contributed by atoms with Gasteiger partial charge in [-0.2, -0.15) is 0 Å². The third kappa shape index (κ3) is 5.36. The topological polar surface area (TPSA) is 118 Å². The molecule has 0 radical (unpaired) electrons. The minimum atomic E-state index is -3.82. The van der Waals surface area contributed by atoms with E-state index in [1.165, 1.54) is 36.6 Å². The fraction of sp³-hybridized carbons (Fsp3) is 0.217. The SMILES string of the molecule is Cc1ccc(C(C)(C)C)cc1S(=O)(=O)Nc1ccc(C(=O)NNC(=O)c2ccco2)cc1. The summed E-state index contributed by atoms with van der Waals surface area (Å²) in [6.45, 7) is 7.79. The summed E-state index contributed by atoms with van der Waals surface area (Å²) in [7, 11) is -3.82. The predicted octanol–water partition coefficient (Wildman–Crippen LogP) is 3.76. The summed E-state index contributed by atoms with van der Waals surface area (Å²) in [5.74, 6) is -1.10. The number of carbonyl (C=O) groups is 2. The van der Waals surface area contributed by atoms with Gasteiger partial charge in [0.1, 0.15) is 0 Å². The molecule has 1 aromatic heterocycles. The van der Waals surface area contributed by atoms with E-state index < -0.39 is 21.8 Å². The molecule has 168 valence electrons. The number of hydrogen-bond donors (Lipinski definition) is 3. The van der Waals surface area contributed by atoms with Crippen molar-refractivity contribution in [2.24, 2.45) is 0 Å². The van der Waals surface area contributed by atoms with Gasteiger partial charge in [-0.05, 0) is 65.9 Å². The van der Waals surface area contributed by atoms with Crippen molar-refractivity contribution in [1.82, 2.24) is 10.9 Å². The summed E-state index contributed by atoms with van der Waals surface area (Å²) in [5.41, 5.74) is 6.40. The Bertz CT molecular complexity index is 1230. The maximum absolute atomic E-state index is 13.0. The average Bonchev–Trinajstić information content (AvgIpc) is 3.26. The Hall–Kier alpha value is -3.59. The van der Waals surface area contributed by atoms with Gasteiger partial charge in [0.15, 0.2) is 5.76 Å². The molecule has 0 fully saturated rings. The van der Waals surface area contributed by atoms with Crippen LogP contribution in [0.1, 0.15) is 52.8 Å². The van der Waals surface area contributed by atoms with Gasteiger partial charge in [-0.25, -0.2) is 8.42 Å². The van der Waals surface area contributed by atoms with Crippen molar-refractivity contribution in [3.63, 3.8) is 0 Å². The van der Waals surface area contributed by atoms with E-state index in [0.717, 1.165) is 5.56 Å². The lowest BCUT2D eigenvalue weighted by Crippen LogP contribution is -2.41. The van der Waals surface area contributed by atoms with Gasteiger partial charge in [0.05, 0.1) is 11.2 Å². The lowest BCUT2D eigenvalue weighted by Gasteiger charge is -2.21. The standard InChI is InChI=1S/C23H25N3O5S/c1-15-7-10-17(23(2,3)4)14-20(15)32(29,30)26-18-11-8-16(9-12-18)21(27)24-25-22(28)19-6-5-13-31-19/h5-14,26H,1-4H3,(H,24,27)(H,25,28). The zero-order valence-electron chi connectivity index (χ0n) is 18.2. The number of rotatable bonds is 5. The van der Waals surface area contributed by atoms with Crippen molar-refractivity contribution < 1.29 is 22.4 Å². The number of aryl methyl sites for hydroxylation is 1. The van der Waals surface area contributed by atoms with E-state index in [1.807, 2.05) is 26.8 Å². The zero-order valence-corrected chi connectivity index (χ0v) is 19.0. The van der Waals surface area contributed by atoms with Crippen molar-refractivity contribution in [1.29, 1.82) is 0 Å². The molecule has 0 bridgehead atoms. The first-order valence-corrected chi connectivity index (χ1v) is 11.3. The van der Waals surface area contributed by atoms with Crippen molar-refractivity contribution in [3.8, 4) is 0 Å². The molecule has 0 saturated carbocycles. The molecular formula is C23H25N3O5S. The van der Waals surface area contributed by atoms with Gasteiger partial charge in [0.25, 0.3) is 15.9 Å². The molecule has 0 aliphatic carbocycles. The van der Waals surface area contributed by atoms with E-state index >= 15 is 0 Å². The highest BCUT2D eigenvalue weighted by Gasteiger charge is 2.22. The van der Waals surface area contributed by atoms with Gasteiger partial charge < -0.3 is 4.42 Å². The van der Waals surface area contributed by atoms with Gasteiger partial charge in [-0.1, -0.05) is 32.9 Å². The Morgan fingerprint density at radius 2 is 1.56 bits per heavy atom. The molecule has 0 aliphatic heterocycles. The minimum absolute atomic E-state index is 0.0564. The summed E-state index contributed by atoms with van der Waals surface area (Å²) in [6.07, 6.45) is 1.34. The molecule has 2 aromatic carbocycles. The van der Waals surface area contributed by atoms with E-state index in [1.54, 1.807) is 25.1 Å². The number of nitrogens with one attached hydrogen (secondary N) is 3. The van der Waals surface area contributed by atoms with Crippen LogP contribution in [0.5, 0.6) is 0 Å². The van der Waals surface area contributed by atoms with Crippen LogP contribution in [0, 0.1) is 6.92 Å². The predicted molar refractivity (Wildman–Crippen MR) is 121 cm³/mol. The first-order valence-electron chi connectivity index (χ1n) is 9.85. The molecule has 3 rings (SSSR count). The fourth-order valence-electron chi connectivity index (χ4n) is 2.91. The summed E-state index contributed by atoms with van der Waals surface area (Å²) >= 11 is 0. The molecule has 9 heteroatoms. The van der Waals surface area contributed by atoms with Crippen molar-refractivity contribution in [2.45, 2.75) is 38.0 Å². The molecule has 1 heterocycles. The highest BCUT2D eigenvalue weighted by atomic mass is 32.2. The number of hydrazine groups is 1. The molecule has 0 atom stereocenters. The summed E-state index contributed by atoms with van der Waals surface area (Å²) in [6, 6.07) is 14.3. The van der Waals surface area contributed by atoms with Crippen molar-refractivity contribution in [3.05, 3.63) is 83.3 Å². The number of sulfonamides is 1. The second kappa shape index (κ2) is 8.88. The van der Waals surface area contributed by atoms with E-state index in [2.05, 4.69) is 15.6 Å². The number of benzene rings is 2.